The van der Waals surface area contributed by atoms with E-state index >= 15 is 0 Å². The molecule has 1 aromatic rings. The van der Waals surface area contributed by atoms with Crippen molar-refractivity contribution in [1.82, 2.24) is 0 Å². The molecule has 106 valence electrons. The van der Waals surface area contributed by atoms with Gasteiger partial charge in [-0.15, -0.1) is 0 Å². The van der Waals surface area contributed by atoms with Gasteiger partial charge in [0.25, 0.3) is 10.1 Å². The van der Waals surface area contributed by atoms with E-state index in [2.05, 4.69) is 10.6 Å². The molecule has 0 aliphatic heterocycles. The Labute approximate surface area is 115 Å². The Bertz CT molecular complexity index is 671. The largest absolute Gasteiger partial charge is 0.379 e. The first kappa shape index (κ1) is 15.7. The van der Waals surface area contributed by atoms with E-state index < -0.39 is 10.1 Å². The zero-order chi connectivity index (χ0) is 15.0. The summed E-state index contributed by atoms with van der Waals surface area (Å²) < 4.78 is 31.1. The molecule has 7 nitrogen and oxygen atoms in total. The van der Waals surface area contributed by atoms with Crippen molar-refractivity contribution >= 4 is 33.4 Å². The van der Waals surface area contributed by atoms with Crippen LogP contribution in [0.3, 0.4) is 0 Å². The average molecular weight is 296 g/mol. The van der Waals surface area contributed by atoms with Gasteiger partial charge in [-0.25, -0.2) is 9.59 Å². The van der Waals surface area contributed by atoms with Gasteiger partial charge in [-0.1, -0.05) is 0 Å². The van der Waals surface area contributed by atoms with E-state index in [1.807, 2.05) is 0 Å². The molecule has 0 radical (unpaired) electrons. The molecule has 0 amide bonds. The van der Waals surface area contributed by atoms with Crippen molar-refractivity contribution in [3.63, 3.8) is 0 Å². The van der Waals surface area contributed by atoms with Gasteiger partial charge < -0.3 is 10.6 Å². The van der Waals surface area contributed by atoms with Crippen LogP contribution in [-0.4, -0.2) is 37.9 Å². The fourth-order valence-electron chi connectivity index (χ4n) is 1.39. The first-order chi connectivity index (χ1) is 9.49. The van der Waals surface area contributed by atoms with Crippen LogP contribution in [0.1, 0.15) is 0 Å². The average Bonchev–Trinajstić information content (AvgIpc) is 2.39. The molecule has 0 aliphatic carbocycles. The highest BCUT2D eigenvalue weighted by Crippen LogP contribution is 2.25. The molecule has 8 heteroatoms. The molecule has 0 saturated carbocycles. The Kier molecular flexibility index (Phi) is 5.71. The molecular formula is C12H12N2O5S. The third-order valence-corrected chi connectivity index (χ3v) is 3.09. The Morgan fingerprint density at radius 3 is 2.10 bits per heavy atom. The maximum absolute atomic E-state index is 11.1. The summed E-state index contributed by atoms with van der Waals surface area (Å²) >= 11 is 0. The van der Waals surface area contributed by atoms with Crippen molar-refractivity contribution in [1.29, 1.82) is 0 Å². The molecule has 0 aromatic heterocycles. The topological polar surface area (TPSA) is 113 Å². The van der Waals surface area contributed by atoms with Crippen molar-refractivity contribution in [2.45, 2.75) is 4.90 Å². The Morgan fingerprint density at radius 1 is 1.05 bits per heavy atom. The third-order valence-electron chi connectivity index (χ3n) is 2.24. The summed E-state index contributed by atoms with van der Waals surface area (Å²) in [5.74, 6) is 3.17. The molecule has 0 aliphatic rings. The van der Waals surface area contributed by atoms with Gasteiger partial charge in [-0.2, -0.15) is 8.42 Å². The normalized spacial score (nSPS) is 10.1. The summed E-state index contributed by atoms with van der Waals surface area (Å²) in [5.41, 5.74) is 0.856. The van der Waals surface area contributed by atoms with Crippen molar-refractivity contribution in [2.24, 2.45) is 0 Å². The highest BCUT2D eigenvalue weighted by Gasteiger charge is 2.12. The van der Waals surface area contributed by atoms with E-state index in [0.29, 0.717) is 11.4 Å². The predicted molar refractivity (Wildman–Crippen MR) is 73.8 cm³/mol. The van der Waals surface area contributed by atoms with E-state index in [1.54, 1.807) is 11.9 Å². The van der Waals surface area contributed by atoms with Crippen LogP contribution in [0.15, 0.2) is 35.2 Å². The lowest BCUT2D eigenvalue weighted by molar-refractivity contribution is 0.483. The molecule has 0 unspecified atom stereocenters. The highest BCUT2D eigenvalue weighted by atomic mass is 32.2. The van der Waals surface area contributed by atoms with Crippen LogP contribution in [0.25, 0.3) is 0 Å². The lowest BCUT2D eigenvalue weighted by Crippen LogP contribution is -2.07. The Hall–Kier alpha value is -2.37. The minimum absolute atomic E-state index is 0.136. The van der Waals surface area contributed by atoms with Gasteiger partial charge in [-0.05, 0) is 18.2 Å². The Morgan fingerprint density at radius 2 is 1.60 bits per heavy atom. The molecule has 0 bridgehead atoms. The molecule has 20 heavy (non-hydrogen) atoms. The SMILES string of the molecule is O=C=CCNc1ccc(S(=O)(=O)O)cc1NCC=C=O. The van der Waals surface area contributed by atoms with Crippen LogP contribution in [0, 0.1) is 0 Å². The number of nitrogens with one attached hydrogen (secondary N) is 2. The summed E-state index contributed by atoms with van der Waals surface area (Å²) in [4.78, 5) is 19.9. The van der Waals surface area contributed by atoms with Gasteiger partial charge in [0.15, 0.2) is 0 Å². The van der Waals surface area contributed by atoms with Crippen LogP contribution in [0.4, 0.5) is 11.4 Å². The zero-order valence-electron chi connectivity index (χ0n) is 10.3. The number of hydrogen-bond acceptors (Lipinski definition) is 6. The molecule has 1 aromatic carbocycles. The number of rotatable bonds is 7. The number of hydrogen-bond donors (Lipinski definition) is 3. The summed E-state index contributed by atoms with van der Waals surface area (Å²) in [6.45, 7) is 0.337. The van der Waals surface area contributed by atoms with Crippen molar-refractivity contribution < 1.29 is 22.6 Å². The quantitative estimate of drug-likeness (QED) is 0.497. The molecule has 3 N–H and O–H groups in total. The van der Waals surface area contributed by atoms with E-state index in [1.165, 1.54) is 30.4 Å². The fraction of sp³-hybridized carbons (Fsp3) is 0.167. The summed E-state index contributed by atoms with van der Waals surface area (Å²) in [6, 6.07) is 3.85. The van der Waals surface area contributed by atoms with Crippen LogP contribution in [-0.2, 0) is 19.7 Å². The van der Waals surface area contributed by atoms with Gasteiger partial charge in [0.2, 0.25) is 0 Å². The van der Waals surface area contributed by atoms with Crippen LogP contribution in [0.2, 0.25) is 0 Å². The number of carbonyl (C=O) groups excluding carboxylic acids is 2. The summed E-state index contributed by atoms with van der Waals surface area (Å²) in [5, 5.41) is 5.64. The second kappa shape index (κ2) is 7.28. The number of anilines is 2. The molecule has 0 heterocycles. The van der Waals surface area contributed by atoms with E-state index in [-0.39, 0.29) is 18.0 Å². The molecule has 0 atom stereocenters. The molecule has 0 fully saturated rings. The summed E-state index contributed by atoms with van der Waals surface area (Å²) in [6.07, 6.45) is 2.39. The minimum Gasteiger partial charge on any atom is -0.379 e. The third kappa shape index (κ3) is 4.72. The smallest absolute Gasteiger partial charge is 0.294 e. The van der Waals surface area contributed by atoms with E-state index in [4.69, 9.17) is 4.55 Å². The fourth-order valence-corrected chi connectivity index (χ4v) is 1.90. The maximum atomic E-state index is 11.1. The van der Waals surface area contributed by atoms with Gasteiger partial charge in [-0.3, -0.25) is 4.55 Å². The second-order valence-electron chi connectivity index (χ2n) is 3.59. The highest BCUT2D eigenvalue weighted by molar-refractivity contribution is 7.85. The lowest BCUT2D eigenvalue weighted by atomic mass is 10.2. The van der Waals surface area contributed by atoms with E-state index in [0.717, 1.165) is 0 Å². The maximum Gasteiger partial charge on any atom is 0.294 e. The predicted octanol–water partition coefficient (Wildman–Crippen LogP) is 0.533. The van der Waals surface area contributed by atoms with Gasteiger partial charge in [0, 0.05) is 25.2 Å². The first-order valence-electron chi connectivity index (χ1n) is 5.47. The van der Waals surface area contributed by atoms with Crippen LogP contribution < -0.4 is 10.6 Å². The van der Waals surface area contributed by atoms with Crippen LogP contribution >= 0.6 is 0 Å². The molecular weight excluding hydrogens is 284 g/mol. The Balaban J connectivity index is 3.08. The minimum atomic E-state index is -4.32. The van der Waals surface area contributed by atoms with Gasteiger partial charge >= 0.3 is 0 Å². The van der Waals surface area contributed by atoms with Gasteiger partial charge in [0.1, 0.15) is 11.9 Å². The van der Waals surface area contributed by atoms with Gasteiger partial charge in [0.05, 0.1) is 16.3 Å². The van der Waals surface area contributed by atoms with Crippen LogP contribution in [0.5, 0.6) is 0 Å². The summed E-state index contributed by atoms with van der Waals surface area (Å²) in [7, 11) is -4.32. The van der Waals surface area contributed by atoms with E-state index in [9.17, 15) is 18.0 Å². The zero-order valence-corrected chi connectivity index (χ0v) is 11.1. The molecule has 0 saturated heterocycles. The number of benzene rings is 1. The molecule has 1 rings (SSSR count). The van der Waals surface area contributed by atoms with Crippen molar-refractivity contribution in [3.8, 4) is 0 Å². The van der Waals surface area contributed by atoms with Crippen molar-refractivity contribution in [2.75, 3.05) is 23.7 Å². The van der Waals surface area contributed by atoms with Crippen molar-refractivity contribution in [3.05, 3.63) is 30.4 Å². The standard InChI is InChI=1S/C12H12N2O5S/c15-7-1-5-13-11-4-3-10(20(17,18)19)9-12(11)14-6-2-8-16/h1-4,9,13-14H,5-6H2,(H,17,18,19). The lowest BCUT2D eigenvalue weighted by Gasteiger charge is -2.12. The second-order valence-corrected chi connectivity index (χ2v) is 5.01. The monoisotopic (exact) mass is 296 g/mol. The molecule has 0 spiro atoms. The first-order valence-corrected chi connectivity index (χ1v) is 6.91.